The lowest BCUT2D eigenvalue weighted by molar-refractivity contribution is 0.586. The Balaban J connectivity index is 1.07. The summed E-state index contributed by atoms with van der Waals surface area (Å²) in [6, 6.07) is 78.4. The third-order valence-corrected chi connectivity index (χ3v) is 16.9. The molecule has 0 amide bonds. The number of aromatic nitrogens is 1. The molecule has 1 aromatic heterocycles. The fourth-order valence-corrected chi connectivity index (χ4v) is 13.0. The van der Waals surface area contributed by atoms with Crippen molar-refractivity contribution in [3.05, 3.63) is 268 Å². The Bertz CT molecular complexity index is 3850. The topological polar surface area (TPSA) is 8.17 Å². The van der Waals surface area contributed by atoms with Crippen molar-refractivity contribution in [1.82, 2.24) is 4.57 Å². The van der Waals surface area contributed by atoms with Crippen LogP contribution in [0.5, 0.6) is 0 Å². The molecule has 0 radical (unpaired) electrons. The molecule has 3 aliphatic carbocycles. The average molecular weight is 957 g/mol. The van der Waals surface area contributed by atoms with Crippen LogP contribution in [0.1, 0.15) is 113 Å². The van der Waals surface area contributed by atoms with E-state index in [1.54, 1.807) is 0 Å². The molecule has 0 unspecified atom stereocenters. The van der Waals surface area contributed by atoms with Gasteiger partial charge in [0, 0.05) is 38.8 Å². The highest BCUT2D eigenvalue weighted by Crippen LogP contribution is 2.61. The zero-order valence-corrected chi connectivity index (χ0v) is 44.1. The van der Waals surface area contributed by atoms with Gasteiger partial charge in [-0.1, -0.05) is 213 Å². The molecule has 3 aliphatic rings. The van der Waals surface area contributed by atoms with Gasteiger partial charge in [0.2, 0.25) is 0 Å². The van der Waals surface area contributed by atoms with Crippen molar-refractivity contribution in [2.75, 3.05) is 4.90 Å². The summed E-state index contributed by atoms with van der Waals surface area (Å²) in [6.07, 6.45) is 6.96. The largest absolute Gasteiger partial charge is 0.310 e. The molecule has 0 N–H and O–H groups in total. The van der Waals surface area contributed by atoms with Gasteiger partial charge < -0.3 is 9.47 Å². The lowest BCUT2D eigenvalue weighted by atomic mass is 9.66. The van der Waals surface area contributed by atoms with Gasteiger partial charge in [0.05, 0.1) is 22.1 Å². The highest BCUT2D eigenvalue weighted by Gasteiger charge is 2.49. The summed E-state index contributed by atoms with van der Waals surface area (Å²) in [5.74, 6) is 0. The molecule has 13 rings (SSSR count). The molecule has 0 saturated carbocycles. The quantitative estimate of drug-likeness (QED) is 0.155. The van der Waals surface area contributed by atoms with E-state index >= 15 is 0 Å². The first-order valence-corrected chi connectivity index (χ1v) is 26.7. The van der Waals surface area contributed by atoms with Gasteiger partial charge in [-0.3, -0.25) is 0 Å². The highest BCUT2D eigenvalue weighted by molar-refractivity contribution is 6.11. The zero-order valence-electron chi connectivity index (χ0n) is 44.1. The van der Waals surface area contributed by atoms with E-state index in [-0.39, 0.29) is 16.2 Å². The van der Waals surface area contributed by atoms with Crippen molar-refractivity contribution in [3.8, 4) is 27.9 Å². The first kappa shape index (κ1) is 45.9. The molecule has 10 aromatic rings. The fourth-order valence-electron chi connectivity index (χ4n) is 13.0. The van der Waals surface area contributed by atoms with Crippen molar-refractivity contribution < 1.29 is 0 Å². The second kappa shape index (κ2) is 16.8. The number of hydrogen-bond donors (Lipinski definition) is 0. The van der Waals surface area contributed by atoms with Crippen molar-refractivity contribution in [3.63, 3.8) is 0 Å². The minimum atomic E-state index is -0.590. The summed E-state index contributed by atoms with van der Waals surface area (Å²) < 4.78 is 2.51. The molecular weight excluding hydrogens is 893 g/mol. The molecule has 0 atom stereocenters. The Morgan fingerprint density at radius 2 is 1.05 bits per heavy atom. The number of allylic oxidation sites excluding steroid dienone is 4. The molecule has 9 aromatic carbocycles. The third-order valence-electron chi connectivity index (χ3n) is 16.9. The fraction of sp³-hybridized carbons (Fsp3) is 0.194. The Kier molecular flexibility index (Phi) is 10.4. The number of fused-ring (bicyclic) bond motifs is 8. The highest BCUT2D eigenvalue weighted by atomic mass is 15.1. The smallest absolute Gasteiger partial charge is 0.0714 e. The van der Waals surface area contributed by atoms with Crippen molar-refractivity contribution in [1.29, 1.82) is 0 Å². The van der Waals surface area contributed by atoms with Gasteiger partial charge in [-0.25, -0.2) is 0 Å². The van der Waals surface area contributed by atoms with Crippen LogP contribution in [0.25, 0.3) is 55.3 Å². The zero-order chi connectivity index (χ0) is 50.7. The van der Waals surface area contributed by atoms with Crippen LogP contribution >= 0.6 is 0 Å². The van der Waals surface area contributed by atoms with E-state index in [9.17, 15) is 0 Å². The molecule has 74 heavy (non-hydrogen) atoms. The number of para-hydroxylation sites is 1. The third kappa shape index (κ3) is 6.98. The predicted octanol–water partition coefficient (Wildman–Crippen LogP) is 19.3. The lowest BCUT2D eigenvalue weighted by Gasteiger charge is -2.36. The number of hydrogen-bond acceptors (Lipinski definition) is 1. The first-order valence-electron chi connectivity index (χ1n) is 26.7. The molecule has 0 saturated heterocycles. The Hall–Kier alpha value is -7.94. The van der Waals surface area contributed by atoms with Gasteiger partial charge >= 0.3 is 0 Å². The normalized spacial score (nSPS) is 15.3. The van der Waals surface area contributed by atoms with Crippen LogP contribution in [0, 0.1) is 0 Å². The van der Waals surface area contributed by atoms with Crippen LogP contribution in [-0.4, -0.2) is 4.57 Å². The first-order chi connectivity index (χ1) is 35.7. The molecular formula is C72H64N2. The average Bonchev–Trinajstić information content (AvgIpc) is 4.04. The SMILES string of the molecule is CC(C)(C)c1ccc2c(c1)C(c1ccccc1)(c1ccccc1)c1cc(C(C)(C)C)cc(N(c3ccc(-c4ccccc4)cc3)c3ccc(-n4c5ccccc5c5cc6c(cc54)C(C)(C)C4=C6CCC=C4)cc3)c1-2. The van der Waals surface area contributed by atoms with E-state index in [2.05, 4.69) is 283 Å². The van der Waals surface area contributed by atoms with Crippen LogP contribution in [0.2, 0.25) is 0 Å². The summed E-state index contributed by atoms with van der Waals surface area (Å²) in [5, 5.41) is 2.60. The minimum Gasteiger partial charge on any atom is -0.310 e. The molecule has 2 heteroatoms. The second-order valence-corrected chi connectivity index (χ2v) is 23.7. The van der Waals surface area contributed by atoms with Crippen molar-refractivity contribution in [2.24, 2.45) is 0 Å². The summed E-state index contributed by atoms with van der Waals surface area (Å²) in [7, 11) is 0. The van der Waals surface area contributed by atoms with E-state index < -0.39 is 5.41 Å². The molecule has 0 fully saturated rings. The summed E-state index contributed by atoms with van der Waals surface area (Å²) in [4.78, 5) is 2.55. The van der Waals surface area contributed by atoms with Gasteiger partial charge in [0.25, 0.3) is 0 Å². The van der Waals surface area contributed by atoms with E-state index in [0.717, 1.165) is 29.9 Å². The molecule has 2 nitrogen and oxygen atoms in total. The maximum absolute atomic E-state index is 2.55. The number of nitrogens with zero attached hydrogens (tertiary/aromatic N) is 2. The van der Waals surface area contributed by atoms with Gasteiger partial charge in [-0.15, -0.1) is 0 Å². The van der Waals surface area contributed by atoms with E-state index in [4.69, 9.17) is 0 Å². The predicted molar refractivity (Wildman–Crippen MR) is 314 cm³/mol. The summed E-state index contributed by atoms with van der Waals surface area (Å²) in [5.41, 5.74) is 24.7. The summed E-state index contributed by atoms with van der Waals surface area (Å²) in [6.45, 7) is 18.9. The van der Waals surface area contributed by atoms with E-state index in [1.165, 1.54) is 105 Å². The Morgan fingerprint density at radius 1 is 0.473 bits per heavy atom. The maximum atomic E-state index is 2.55. The Morgan fingerprint density at radius 3 is 1.70 bits per heavy atom. The number of benzene rings is 9. The van der Waals surface area contributed by atoms with Crippen molar-refractivity contribution in [2.45, 2.75) is 89.9 Å². The molecule has 0 spiro atoms. The number of anilines is 3. The summed E-state index contributed by atoms with van der Waals surface area (Å²) >= 11 is 0. The van der Waals surface area contributed by atoms with E-state index in [0.29, 0.717) is 0 Å². The number of rotatable bonds is 7. The van der Waals surface area contributed by atoms with Crippen LogP contribution in [0.3, 0.4) is 0 Å². The maximum Gasteiger partial charge on any atom is 0.0714 e. The Labute approximate surface area is 438 Å². The van der Waals surface area contributed by atoms with E-state index in [1.807, 2.05) is 0 Å². The van der Waals surface area contributed by atoms with Gasteiger partial charge in [0.15, 0.2) is 0 Å². The van der Waals surface area contributed by atoms with Gasteiger partial charge in [0.1, 0.15) is 0 Å². The van der Waals surface area contributed by atoms with Crippen molar-refractivity contribution >= 4 is 44.4 Å². The molecule has 0 aliphatic heterocycles. The van der Waals surface area contributed by atoms with Gasteiger partial charge in [-0.05, 0) is 157 Å². The van der Waals surface area contributed by atoms with Gasteiger partial charge in [-0.2, -0.15) is 0 Å². The standard InChI is InChI=1S/C72H64N2/c1-69(2,3)51-34-41-58-63(42-51)72(49-24-14-10-15-25-49,50-26-16-11-17-27-50)64-43-52(70(4,5)6)44-67(68(58)64)73(53-35-32-48(33-36-53)47-22-12-9-13-23-47)54-37-39-55(40-38-54)74-65-31-21-19-29-57(65)60-45-59-56-28-18-20-30-61(56)71(7,8)62(59)46-66(60)74/h9-17,19-27,29-46H,18,28H2,1-8H3. The van der Waals surface area contributed by atoms with Crippen LogP contribution in [-0.2, 0) is 21.7 Å². The molecule has 362 valence electrons. The minimum absolute atomic E-state index is 0.0587. The van der Waals surface area contributed by atoms with Crippen LogP contribution in [0.15, 0.2) is 224 Å². The molecule has 1 heterocycles. The molecule has 0 bridgehead atoms. The van der Waals surface area contributed by atoms with Crippen LogP contribution < -0.4 is 4.90 Å². The second-order valence-electron chi connectivity index (χ2n) is 23.7. The lowest BCUT2D eigenvalue weighted by Crippen LogP contribution is -2.30. The monoisotopic (exact) mass is 957 g/mol. The van der Waals surface area contributed by atoms with Crippen LogP contribution in [0.4, 0.5) is 17.1 Å².